The van der Waals surface area contributed by atoms with Crippen LogP contribution in [-0.4, -0.2) is 5.78 Å². The van der Waals surface area contributed by atoms with Gasteiger partial charge in [-0.1, -0.05) is 49.7 Å². The molecule has 5 nitrogen and oxygen atoms in total. The van der Waals surface area contributed by atoms with Crippen LogP contribution in [0.1, 0.15) is 66.0 Å². The Morgan fingerprint density at radius 3 is 2.46 bits per heavy atom. The lowest BCUT2D eigenvalue weighted by Gasteiger charge is -2.44. The average Bonchev–Trinajstić information content (AvgIpc) is 2.88. The predicted octanol–water partition coefficient (Wildman–Crippen LogP) is 8.09. The Kier molecular flexibility index (Phi) is 7.48. The van der Waals surface area contributed by atoms with Gasteiger partial charge in [0.15, 0.2) is 5.78 Å². The van der Waals surface area contributed by atoms with Crippen molar-refractivity contribution in [1.29, 1.82) is 5.26 Å². The number of carbonyl (C=O) groups is 1. The number of halogens is 1. The van der Waals surface area contributed by atoms with Crippen molar-refractivity contribution in [3.05, 3.63) is 116 Å². The second-order valence-corrected chi connectivity index (χ2v) is 12.6. The van der Waals surface area contributed by atoms with Crippen molar-refractivity contribution >= 4 is 23.1 Å². The summed E-state index contributed by atoms with van der Waals surface area (Å²) in [5, 5.41) is 11.2. The van der Waals surface area contributed by atoms with Crippen LogP contribution in [0.25, 0.3) is 0 Å². The minimum atomic E-state index is -0.545. The van der Waals surface area contributed by atoms with Gasteiger partial charge in [-0.3, -0.25) is 9.69 Å². The van der Waals surface area contributed by atoms with Crippen molar-refractivity contribution < 1.29 is 9.53 Å². The molecule has 0 bridgehead atoms. The Balaban J connectivity index is 1.66. The van der Waals surface area contributed by atoms with Gasteiger partial charge in [0.1, 0.15) is 18.2 Å². The third-order valence-corrected chi connectivity index (χ3v) is 8.43. The number of nitrogens with two attached hydrogens (primary N) is 1. The van der Waals surface area contributed by atoms with Gasteiger partial charge >= 0.3 is 0 Å². The third-order valence-electron chi connectivity index (χ3n) is 8.20. The SMILES string of the molecule is Cc1cccc(N2C(N)=C(C#N)C(c3cc(COc4ccc(Cl)cc4C)c(C)cc3C)C3=C2CC(C)(C)CC3=O)c1. The number of ketones is 1. The quantitative estimate of drug-likeness (QED) is 0.338. The summed E-state index contributed by atoms with van der Waals surface area (Å²) < 4.78 is 6.21. The number of hydrogen-bond donors (Lipinski definition) is 1. The number of rotatable bonds is 5. The predicted molar refractivity (Wildman–Crippen MR) is 165 cm³/mol. The van der Waals surface area contributed by atoms with E-state index in [0.29, 0.717) is 41.4 Å². The van der Waals surface area contributed by atoms with E-state index in [0.717, 1.165) is 50.5 Å². The van der Waals surface area contributed by atoms with Crippen LogP contribution in [0.5, 0.6) is 5.75 Å². The van der Waals surface area contributed by atoms with E-state index in [1.807, 2.05) is 68.1 Å². The van der Waals surface area contributed by atoms with Gasteiger partial charge in [0.25, 0.3) is 0 Å². The molecule has 41 heavy (non-hydrogen) atoms. The maximum Gasteiger partial charge on any atom is 0.162 e. The molecule has 1 aliphatic carbocycles. The summed E-state index contributed by atoms with van der Waals surface area (Å²) in [4.78, 5) is 15.9. The first-order chi connectivity index (χ1) is 19.4. The van der Waals surface area contributed by atoms with Gasteiger partial charge in [0.05, 0.1) is 17.6 Å². The average molecular weight is 566 g/mol. The zero-order valence-electron chi connectivity index (χ0n) is 24.6. The molecule has 2 aliphatic rings. The molecule has 0 amide bonds. The molecule has 0 saturated heterocycles. The molecule has 1 aliphatic heterocycles. The van der Waals surface area contributed by atoms with Crippen molar-refractivity contribution in [2.24, 2.45) is 11.1 Å². The molecular weight excluding hydrogens is 530 g/mol. The Morgan fingerprint density at radius 1 is 1.02 bits per heavy atom. The van der Waals surface area contributed by atoms with Gasteiger partial charge in [-0.05, 0) is 103 Å². The van der Waals surface area contributed by atoms with Crippen LogP contribution in [0.15, 0.2) is 77.3 Å². The Morgan fingerprint density at radius 2 is 1.78 bits per heavy atom. The number of anilines is 1. The highest BCUT2D eigenvalue weighted by atomic mass is 35.5. The molecule has 5 rings (SSSR count). The van der Waals surface area contributed by atoms with E-state index in [2.05, 4.69) is 39.0 Å². The maximum atomic E-state index is 14.0. The fourth-order valence-corrected chi connectivity index (χ4v) is 6.42. The normalized spacial score (nSPS) is 18.3. The third kappa shape index (κ3) is 5.37. The minimum Gasteiger partial charge on any atom is -0.489 e. The molecule has 0 radical (unpaired) electrons. The van der Waals surface area contributed by atoms with Crippen LogP contribution in [-0.2, 0) is 11.4 Å². The second kappa shape index (κ2) is 10.8. The van der Waals surface area contributed by atoms with Gasteiger partial charge in [-0.15, -0.1) is 0 Å². The number of allylic oxidation sites excluding steroid dienone is 3. The molecule has 1 atom stereocenters. The molecular formula is C35H36ClN3O2. The van der Waals surface area contributed by atoms with E-state index in [1.54, 1.807) is 0 Å². The van der Waals surface area contributed by atoms with E-state index in [9.17, 15) is 10.1 Å². The molecule has 1 heterocycles. The molecule has 0 fully saturated rings. The largest absolute Gasteiger partial charge is 0.489 e. The summed E-state index contributed by atoms with van der Waals surface area (Å²) >= 11 is 6.13. The molecule has 2 N–H and O–H groups in total. The Bertz CT molecular complexity index is 1680. The van der Waals surface area contributed by atoms with Crippen LogP contribution < -0.4 is 15.4 Å². The van der Waals surface area contributed by atoms with Gasteiger partial charge in [0, 0.05) is 28.4 Å². The number of aryl methyl sites for hydroxylation is 4. The van der Waals surface area contributed by atoms with Gasteiger partial charge < -0.3 is 10.5 Å². The summed E-state index contributed by atoms with van der Waals surface area (Å²) in [5.74, 6) is 0.658. The smallest absolute Gasteiger partial charge is 0.162 e. The zero-order chi connectivity index (χ0) is 29.6. The number of nitrogens with zero attached hydrogens (tertiary/aromatic N) is 2. The highest BCUT2D eigenvalue weighted by Crippen LogP contribution is 2.51. The van der Waals surface area contributed by atoms with Crippen LogP contribution in [0, 0.1) is 44.4 Å². The fraction of sp³-hybridized carbons (Fsp3) is 0.314. The summed E-state index contributed by atoms with van der Waals surface area (Å²) in [5.41, 5.74) is 15.5. The van der Waals surface area contributed by atoms with Crippen LogP contribution in [0.3, 0.4) is 0 Å². The molecule has 0 aromatic heterocycles. The van der Waals surface area contributed by atoms with Crippen molar-refractivity contribution in [2.45, 2.75) is 66.9 Å². The van der Waals surface area contributed by atoms with E-state index < -0.39 is 5.92 Å². The van der Waals surface area contributed by atoms with E-state index >= 15 is 0 Å². The van der Waals surface area contributed by atoms with Crippen LogP contribution in [0.4, 0.5) is 5.69 Å². The number of hydrogen-bond acceptors (Lipinski definition) is 5. The lowest BCUT2D eigenvalue weighted by atomic mass is 9.68. The molecule has 6 heteroatoms. The van der Waals surface area contributed by atoms with Gasteiger partial charge in [-0.2, -0.15) is 5.26 Å². The van der Waals surface area contributed by atoms with Crippen molar-refractivity contribution in [2.75, 3.05) is 4.90 Å². The minimum absolute atomic E-state index is 0.0636. The lowest BCUT2D eigenvalue weighted by molar-refractivity contribution is -0.118. The molecule has 3 aromatic rings. The number of benzene rings is 3. The topological polar surface area (TPSA) is 79.3 Å². The van der Waals surface area contributed by atoms with E-state index in [-0.39, 0.29) is 11.2 Å². The lowest BCUT2D eigenvalue weighted by Crippen LogP contribution is -2.42. The van der Waals surface area contributed by atoms with Crippen LogP contribution in [0.2, 0.25) is 5.02 Å². The monoisotopic (exact) mass is 565 g/mol. The highest BCUT2D eigenvalue weighted by molar-refractivity contribution is 6.30. The fourth-order valence-electron chi connectivity index (χ4n) is 6.19. The molecule has 0 saturated carbocycles. The van der Waals surface area contributed by atoms with Crippen molar-refractivity contribution in [3.8, 4) is 11.8 Å². The number of Topliss-reactive ketones (excluding diaryl/α,β-unsaturated/α-hetero) is 1. The Labute approximate surface area is 247 Å². The molecule has 3 aromatic carbocycles. The maximum absolute atomic E-state index is 14.0. The summed E-state index contributed by atoms with van der Waals surface area (Å²) in [7, 11) is 0. The Hall–Kier alpha value is -4.01. The molecule has 0 spiro atoms. The first-order valence-electron chi connectivity index (χ1n) is 13.9. The number of ether oxygens (including phenoxy) is 1. The van der Waals surface area contributed by atoms with Gasteiger partial charge in [0.2, 0.25) is 0 Å². The molecule has 210 valence electrons. The van der Waals surface area contributed by atoms with Crippen molar-refractivity contribution in [1.82, 2.24) is 0 Å². The number of nitriles is 1. The summed E-state index contributed by atoms with van der Waals surface area (Å²) in [6.45, 7) is 12.7. The first-order valence-corrected chi connectivity index (χ1v) is 14.3. The highest BCUT2D eigenvalue weighted by Gasteiger charge is 2.45. The van der Waals surface area contributed by atoms with Crippen LogP contribution >= 0.6 is 11.6 Å². The van der Waals surface area contributed by atoms with Gasteiger partial charge in [-0.25, -0.2) is 0 Å². The van der Waals surface area contributed by atoms with E-state index in [1.165, 1.54) is 0 Å². The first kappa shape index (κ1) is 28.5. The molecule has 1 unspecified atom stereocenters. The van der Waals surface area contributed by atoms with Crippen molar-refractivity contribution in [3.63, 3.8) is 0 Å². The summed E-state index contributed by atoms with van der Waals surface area (Å²) in [6, 6.07) is 20.2. The second-order valence-electron chi connectivity index (χ2n) is 12.2. The standard InChI is InChI=1S/C35H36ClN3O2/c1-20-8-7-9-26(12-20)39-29-16-35(5,6)17-30(40)33(29)32(28(18-37)34(39)38)27-15-24(21(2)13-22(27)3)19-41-31-11-10-25(36)14-23(31)4/h7-15,32H,16-17,19,38H2,1-6H3. The summed E-state index contributed by atoms with van der Waals surface area (Å²) in [6.07, 6.45) is 1.09. The van der Waals surface area contributed by atoms with E-state index in [4.69, 9.17) is 22.1 Å². The number of carbonyl (C=O) groups excluding carboxylic acids is 1. The zero-order valence-corrected chi connectivity index (χ0v) is 25.3.